The number of allylic oxidation sites excluding steroid dienone is 2. The molecule has 2 nitrogen and oxygen atoms in total. The Hall–Kier alpha value is -1.05. The highest BCUT2D eigenvalue weighted by Crippen LogP contribution is 2.00. The second kappa shape index (κ2) is 3.89. The summed E-state index contributed by atoms with van der Waals surface area (Å²) in [6.45, 7) is 8.81. The van der Waals surface area contributed by atoms with Crippen LogP contribution in [0.1, 0.15) is 6.92 Å². The van der Waals surface area contributed by atoms with E-state index in [9.17, 15) is 0 Å². The van der Waals surface area contributed by atoms with E-state index in [1.165, 1.54) is 0 Å². The lowest BCUT2D eigenvalue weighted by atomic mass is 10.3. The molecule has 0 fully saturated rings. The Morgan fingerprint density at radius 2 is 2.22 bits per heavy atom. The lowest BCUT2D eigenvalue weighted by molar-refractivity contribution is 0.289. The minimum absolute atomic E-state index is 0.502. The van der Waals surface area contributed by atoms with E-state index < -0.39 is 0 Å². The number of methoxy groups -OCH3 is 1. The van der Waals surface area contributed by atoms with Crippen molar-refractivity contribution in [2.45, 2.75) is 6.92 Å². The summed E-state index contributed by atoms with van der Waals surface area (Å²) >= 11 is 0. The molecular formula is C7H11NO. The molecule has 0 rings (SSSR count). The van der Waals surface area contributed by atoms with E-state index >= 15 is 0 Å². The van der Waals surface area contributed by atoms with Crippen LogP contribution in [-0.2, 0) is 4.74 Å². The van der Waals surface area contributed by atoms with Crippen molar-refractivity contribution in [1.82, 2.24) is 0 Å². The second-order valence-corrected chi connectivity index (χ2v) is 1.69. The molecule has 0 aromatic heterocycles. The fourth-order valence-electron chi connectivity index (χ4n) is 0.380. The molecular weight excluding hydrogens is 114 g/mol. The van der Waals surface area contributed by atoms with Gasteiger partial charge in [-0.25, -0.2) is 4.99 Å². The Balaban J connectivity index is 4.07. The van der Waals surface area contributed by atoms with Gasteiger partial charge in [-0.2, -0.15) is 0 Å². The first kappa shape index (κ1) is 7.95. The molecule has 0 atom stereocenters. The summed E-state index contributed by atoms with van der Waals surface area (Å²) in [7, 11) is 1.55. The predicted molar refractivity (Wildman–Crippen MR) is 39.5 cm³/mol. The Labute approximate surface area is 55.6 Å². The fraction of sp³-hybridized carbons (Fsp3) is 0.286. The molecule has 0 amide bonds. The van der Waals surface area contributed by atoms with Crippen LogP contribution in [0.3, 0.4) is 0 Å². The molecule has 0 aliphatic rings. The van der Waals surface area contributed by atoms with Crippen molar-refractivity contribution in [2.24, 2.45) is 4.99 Å². The zero-order valence-electron chi connectivity index (χ0n) is 5.85. The van der Waals surface area contributed by atoms with Gasteiger partial charge in [0.1, 0.15) is 0 Å². The van der Waals surface area contributed by atoms with Crippen LogP contribution < -0.4 is 0 Å². The lowest BCUT2D eigenvalue weighted by Crippen LogP contribution is -1.80. The molecule has 0 radical (unpaired) electrons. The molecule has 0 bridgehead atoms. The van der Waals surface area contributed by atoms with Crippen molar-refractivity contribution in [1.29, 1.82) is 0 Å². The quantitative estimate of drug-likeness (QED) is 0.320. The molecule has 0 unspecified atom stereocenters. The molecule has 0 aromatic carbocycles. The van der Waals surface area contributed by atoms with Gasteiger partial charge < -0.3 is 4.74 Å². The van der Waals surface area contributed by atoms with E-state index in [1.54, 1.807) is 13.2 Å². The summed E-state index contributed by atoms with van der Waals surface area (Å²) in [5, 5.41) is 0. The van der Waals surface area contributed by atoms with E-state index in [0.29, 0.717) is 5.88 Å². The highest BCUT2D eigenvalue weighted by molar-refractivity contribution is 5.29. The first-order valence-electron chi connectivity index (χ1n) is 2.58. The number of ether oxygens (including phenoxy) is 1. The van der Waals surface area contributed by atoms with E-state index in [4.69, 9.17) is 4.74 Å². The van der Waals surface area contributed by atoms with Crippen LogP contribution in [0.2, 0.25) is 0 Å². The van der Waals surface area contributed by atoms with E-state index in [-0.39, 0.29) is 0 Å². The Kier molecular flexibility index (Phi) is 3.44. The minimum atomic E-state index is 0.502. The summed E-state index contributed by atoms with van der Waals surface area (Å²) in [6, 6.07) is 0. The Bertz CT molecular complexity index is 147. The Morgan fingerprint density at radius 3 is 2.33 bits per heavy atom. The van der Waals surface area contributed by atoms with E-state index in [1.807, 2.05) is 6.92 Å². The minimum Gasteiger partial charge on any atom is -0.481 e. The largest absolute Gasteiger partial charge is 0.481 e. The van der Waals surface area contributed by atoms with Gasteiger partial charge in [-0.1, -0.05) is 12.2 Å². The average Bonchev–Trinajstić information content (AvgIpc) is 1.82. The van der Waals surface area contributed by atoms with Gasteiger partial charge in [0.25, 0.3) is 0 Å². The monoisotopic (exact) mass is 125 g/mol. The maximum absolute atomic E-state index is 4.78. The topological polar surface area (TPSA) is 21.6 Å². The van der Waals surface area contributed by atoms with Crippen LogP contribution >= 0.6 is 0 Å². The summed E-state index contributed by atoms with van der Waals surface area (Å²) in [5.41, 5.74) is 0.902. The van der Waals surface area contributed by atoms with Crippen LogP contribution in [0, 0.1) is 0 Å². The first-order valence-corrected chi connectivity index (χ1v) is 2.58. The maximum Gasteiger partial charge on any atom is 0.212 e. The normalized spacial score (nSPS) is 10.7. The van der Waals surface area contributed by atoms with Crippen LogP contribution in [0.25, 0.3) is 0 Å². The van der Waals surface area contributed by atoms with Gasteiger partial charge in [0.15, 0.2) is 0 Å². The predicted octanol–water partition coefficient (Wildman–Crippen LogP) is 1.75. The van der Waals surface area contributed by atoms with Crippen molar-refractivity contribution in [2.75, 3.05) is 7.11 Å². The van der Waals surface area contributed by atoms with Gasteiger partial charge in [-0.3, -0.25) is 0 Å². The molecule has 9 heavy (non-hydrogen) atoms. The van der Waals surface area contributed by atoms with Crippen LogP contribution in [0.5, 0.6) is 0 Å². The number of hydrogen-bond donors (Lipinski definition) is 0. The van der Waals surface area contributed by atoms with Crippen molar-refractivity contribution in [3.63, 3.8) is 0 Å². The van der Waals surface area contributed by atoms with Crippen molar-refractivity contribution in [3.05, 3.63) is 24.1 Å². The summed E-state index contributed by atoms with van der Waals surface area (Å²) in [6.07, 6.45) is 1.72. The summed E-state index contributed by atoms with van der Waals surface area (Å²) < 4.78 is 4.78. The third kappa shape index (κ3) is 3.53. The average molecular weight is 125 g/mol. The molecule has 0 N–H and O–H groups in total. The zero-order chi connectivity index (χ0) is 7.28. The van der Waals surface area contributed by atoms with Gasteiger partial charge in [0, 0.05) is 6.08 Å². The highest BCUT2D eigenvalue weighted by Gasteiger charge is 1.86. The maximum atomic E-state index is 4.78. The second-order valence-electron chi connectivity index (χ2n) is 1.69. The third-order valence-corrected chi connectivity index (χ3v) is 0.735. The molecule has 0 aliphatic heterocycles. The number of nitrogens with zero attached hydrogens (tertiary/aromatic N) is 1. The smallest absolute Gasteiger partial charge is 0.212 e. The van der Waals surface area contributed by atoms with Crippen molar-refractivity contribution < 1.29 is 4.74 Å². The Morgan fingerprint density at radius 1 is 1.67 bits per heavy atom. The molecule has 0 saturated heterocycles. The third-order valence-electron chi connectivity index (χ3n) is 0.735. The zero-order valence-corrected chi connectivity index (χ0v) is 5.85. The van der Waals surface area contributed by atoms with Crippen LogP contribution in [-0.4, -0.2) is 13.8 Å². The molecule has 50 valence electrons. The number of hydrogen-bond acceptors (Lipinski definition) is 2. The molecule has 0 saturated carbocycles. The fourth-order valence-corrected chi connectivity index (χ4v) is 0.380. The lowest BCUT2D eigenvalue weighted by Gasteiger charge is -1.96. The SMILES string of the molecule is C=N/C(=C\C(=C)C)OC. The number of aliphatic imine (C=N–C) groups is 1. The van der Waals surface area contributed by atoms with Crippen LogP contribution in [0.4, 0.5) is 0 Å². The summed E-state index contributed by atoms with van der Waals surface area (Å²) in [4.78, 5) is 3.57. The molecule has 0 aromatic rings. The first-order chi connectivity index (χ1) is 4.20. The van der Waals surface area contributed by atoms with Crippen molar-refractivity contribution >= 4 is 6.72 Å². The van der Waals surface area contributed by atoms with Gasteiger partial charge in [0.2, 0.25) is 5.88 Å². The van der Waals surface area contributed by atoms with Crippen LogP contribution in [0.15, 0.2) is 29.1 Å². The molecule has 0 spiro atoms. The molecule has 2 heteroatoms. The molecule has 0 aliphatic carbocycles. The number of rotatable bonds is 3. The van der Waals surface area contributed by atoms with Crippen molar-refractivity contribution in [3.8, 4) is 0 Å². The van der Waals surface area contributed by atoms with E-state index in [0.717, 1.165) is 5.57 Å². The van der Waals surface area contributed by atoms with Gasteiger partial charge in [-0.15, -0.1) is 0 Å². The van der Waals surface area contributed by atoms with Gasteiger partial charge in [0.05, 0.1) is 7.11 Å². The molecule has 0 heterocycles. The van der Waals surface area contributed by atoms with Gasteiger partial charge in [-0.05, 0) is 13.6 Å². The summed E-state index contributed by atoms with van der Waals surface area (Å²) in [5.74, 6) is 0.502. The standard InChI is InChI=1S/C7H11NO/c1-6(2)5-7(8-3)9-4/h5H,1,3H2,2,4H3/b7-5+. The van der Waals surface area contributed by atoms with Gasteiger partial charge >= 0.3 is 0 Å². The highest BCUT2D eigenvalue weighted by atomic mass is 16.5. The van der Waals surface area contributed by atoms with E-state index in [2.05, 4.69) is 18.3 Å².